The van der Waals surface area contributed by atoms with Crippen LogP contribution in [0.5, 0.6) is 0 Å². The summed E-state index contributed by atoms with van der Waals surface area (Å²) in [7, 11) is 0. The van der Waals surface area contributed by atoms with Crippen LogP contribution in [-0.2, 0) is 9.59 Å². The van der Waals surface area contributed by atoms with E-state index in [9.17, 15) is 9.59 Å². The highest BCUT2D eigenvalue weighted by Gasteiger charge is 2.36. The Morgan fingerprint density at radius 1 is 1.29 bits per heavy atom. The van der Waals surface area contributed by atoms with Gasteiger partial charge in [-0.05, 0) is 12.8 Å². The summed E-state index contributed by atoms with van der Waals surface area (Å²) in [6.45, 7) is 0.729. The van der Waals surface area contributed by atoms with E-state index < -0.39 is 17.8 Å². The lowest BCUT2D eigenvalue weighted by molar-refractivity contribution is -0.148. The van der Waals surface area contributed by atoms with Crippen LogP contribution in [0, 0.1) is 11.8 Å². The lowest BCUT2D eigenvalue weighted by atomic mass is 9.79. The van der Waals surface area contributed by atoms with Gasteiger partial charge in [0.25, 0.3) is 0 Å². The molecule has 2 aliphatic rings. The van der Waals surface area contributed by atoms with Gasteiger partial charge in [0.15, 0.2) is 5.17 Å². The summed E-state index contributed by atoms with van der Waals surface area (Å²) in [5, 5.41) is 12.5. The van der Waals surface area contributed by atoms with Crippen LogP contribution in [0.2, 0.25) is 0 Å². The first kappa shape index (κ1) is 12.4. The predicted molar refractivity (Wildman–Crippen MR) is 66.0 cm³/mol. The molecule has 0 bridgehead atoms. The Bertz CT molecular complexity index is 357. The van der Waals surface area contributed by atoms with Crippen LogP contribution in [0.1, 0.15) is 25.7 Å². The van der Waals surface area contributed by atoms with E-state index in [0.29, 0.717) is 18.0 Å². The number of hydrogen-bond acceptors (Lipinski definition) is 4. The van der Waals surface area contributed by atoms with Crippen molar-refractivity contribution in [2.24, 2.45) is 16.8 Å². The summed E-state index contributed by atoms with van der Waals surface area (Å²) in [6, 6.07) is 0. The zero-order chi connectivity index (χ0) is 12.3. The maximum absolute atomic E-state index is 12.0. The lowest BCUT2D eigenvalue weighted by Gasteiger charge is -2.27. The normalized spacial score (nSPS) is 28.6. The quantitative estimate of drug-likeness (QED) is 0.775. The molecule has 2 rings (SSSR count). The van der Waals surface area contributed by atoms with Gasteiger partial charge < -0.3 is 10.4 Å². The lowest BCUT2D eigenvalue weighted by Crippen LogP contribution is -2.41. The van der Waals surface area contributed by atoms with Crippen molar-refractivity contribution >= 4 is 28.8 Å². The molecule has 5 nitrogen and oxygen atoms in total. The van der Waals surface area contributed by atoms with Gasteiger partial charge in [0.2, 0.25) is 5.91 Å². The third-order valence-electron chi connectivity index (χ3n) is 3.24. The first-order valence-electron chi connectivity index (χ1n) is 5.89. The zero-order valence-electron chi connectivity index (χ0n) is 9.52. The molecule has 94 valence electrons. The van der Waals surface area contributed by atoms with Crippen LogP contribution in [0.15, 0.2) is 4.99 Å². The summed E-state index contributed by atoms with van der Waals surface area (Å²) >= 11 is 1.51. The molecule has 0 aromatic rings. The number of carboxylic acids is 1. The van der Waals surface area contributed by atoms with Crippen molar-refractivity contribution in [2.45, 2.75) is 25.7 Å². The number of hydrogen-bond donors (Lipinski definition) is 2. The Kier molecular flexibility index (Phi) is 4.04. The molecule has 2 N–H and O–H groups in total. The molecule has 1 saturated carbocycles. The van der Waals surface area contributed by atoms with Gasteiger partial charge in [0, 0.05) is 5.75 Å². The Morgan fingerprint density at radius 2 is 2.00 bits per heavy atom. The molecule has 1 aliphatic heterocycles. The van der Waals surface area contributed by atoms with E-state index in [4.69, 9.17) is 5.11 Å². The molecule has 1 fully saturated rings. The largest absolute Gasteiger partial charge is 0.481 e. The monoisotopic (exact) mass is 256 g/mol. The number of nitrogens with zero attached hydrogens (tertiary/aromatic N) is 1. The van der Waals surface area contributed by atoms with Gasteiger partial charge >= 0.3 is 5.97 Å². The third-order valence-corrected chi connectivity index (χ3v) is 4.13. The average Bonchev–Trinajstić information content (AvgIpc) is 2.81. The molecule has 1 amide bonds. The molecule has 2 atom stereocenters. The van der Waals surface area contributed by atoms with Gasteiger partial charge in [-0.1, -0.05) is 24.6 Å². The minimum Gasteiger partial charge on any atom is -0.481 e. The molecule has 17 heavy (non-hydrogen) atoms. The molecule has 6 heteroatoms. The number of aliphatic carboxylic acids is 1. The van der Waals surface area contributed by atoms with Crippen molar-refractivity contribution in [3.05, 3.63) is 0 Å². The van der Waals surface area contributed by atoms with E-state index in [-0.39, 0.29) is 5.91 Å². The summed E-state index contributed by atoms with van der Waals surface area (Å²) in [5.74, 6) is -1.07. The van der Waals surface area contributed by atoms with Crippen molar-refractivity contribution < 1.29 is 14.7 Å². The van der Waals surface area contributed by atoms with Gasteiger partial charge in [0.1, 0.15) is 0 Å². The standard InChI is InChI=1S/C11H16N2O3S/c14-9(13-11-12-5-6-17-11)7-3-1-2-4-8(7)10(15)16/h7-8H,1-6H2,(H,15,16)(H,12,13,14). The molecule has 0 spiro atoms. The maximum Gasteiger partial charge on any atom is 0.307 e. The number of amidine groups is 1. The number of carbonyl (C=O) groups excluding carboxylic acids is 1. The maximum atomic E-state index is 12.0. The first-order valence-corrected chi connectivity index (χ1v) is 6.88. The SMILES string of the molecule is O=C(O)C1CCCCC1C(=O)NC1=NCCS1. The number of rotatable bonds is 2. The van der Waals surface area contributed by atoms with Crippen molar-refractivity contribution in [3.8, 4) is 0 Å². The first-order chi connectivity index (χ1) is 8.18. The molecule has 2 unspecified atom stereocenters. The van der Waals surface area contributed by atoms with Crippen LogP contribution in [-0.4, -0.2) is 34.4 Å². The van der Waals surface area contributed by atoms with E-state index in [2.05, 4.69) is 10.3 Å². The van der Waals surface area contributed by atoms with E-state index in [1.54, 1.807) is 0 Å². The molecular formula is C11H16N2O3S. The van der Waals surface area contributed by atoms with E-state index in [1.165, 1.54) is 11.8 Å². The Hall–Kier alpha value is -1.04. The number of aliphatic imine (C=N–C) groups is 1. The van der Waals surface area contributed by atoms with Crippen LogP contribution < -0.4 is 5.32 Å². The van der Waals surface area contributed by atoms with Crippen molar-refractivity contribution in [3.63, 3.8) is 0 Å². The number of nitrogens with one attached hydrogen (secondary N) is 1. The van der Waals surface area contributed by atoms with Crippen molar-refractivity contribution in [1.82, 2.24) is 5.32 Å². The summed E-state index contributed by atoms with van der Waals surface area (Å²) < 4.78 is 0. The molecule has 0 aromatic carbocycles. The Morgan fingerprint density at radius 3 is 2.59 bits per heavy atom. The van der Waals surface area contributed by atoms with E-state index in [0.717, 1.165) is 25.1 Å². The van der Waals surface area contributed by atoms with Crippen molar-refractivity contribution in [1.29, 1.82) is 0 Å². The summed E-state index contributed by atoms with van der Waals surface area (Å²) in [5.41, 5.74) is 0. The second kappa shape index (κ2) is 5.53. The topological polar surface area (TPSA) is 78.8 Å². The fourth-order valence-electron chi connectivity index (χ4n) is 2.35. The summed E-state index contributed by atoms with van der Waals surface area (Å²) in [6.07, 6.45) is 3.10. The number of carboxylic acid groups (broad SMARTS) is 1. The average molecular weight is 256 g/mol. The smallest absolute Gasteiger partial charge is 0.307 e. The van der Waals surface area contributed by atoms with Crippen LogP contribution in [0.4, 0.5) is 0 Å². The Labute approximate surface area is 104 Å². The van der Waals surface area contributed by atoms with Gasteiger partial charge in [-0.2, -0.15) is 0 Å². The van der Waals surface area contributed by atoms with E-state index in [1.807, 2.05) is 0 Å². The highest BCUT2D eigenvalue weighted by atomic mass is 32.2. The minimum atomic E-state index is -0.856. The molecule has 1 aliphatic carbocycles. The number of thioether (sulfide) groups is 1. The molecule has 0 radical (unpaired) electrons. The summed E-state index contributed by atoms with van der Waals surface area (Å²) in [4.78, 5) is 27.2. The molecular weight excluding hydrogens is 240 g/mol. The molecule has 0 aromatic heterocycles. The van der Waals surface area contributed by atoms with E-state index >= 15 is 0 Å². The third kappa shape index (κ3) is 3.00. The van der Waals surface area contributed by atoms with Gasteiger partial charge in [-0.25, -0.2) is 0 Å². The number of amides is 1. The van der Waals surface area contributed by atoms with Crippen LogP contribution >= 0.6 is 11.8 Å². The van der Waals surface area contributed by atoms with Crippen LogP contribution in [0.3, 0.4) is 0 Å². The zero-order valence-corrected chi connectivity index (χ0v) is 10.3. The second-order valence-corrected chi connectivity index (χ2v) is 5.44. The molecule has 1 heterocycles. The van der Waals surface area contributed by atoms with Gasteiger partial charge in [0.05, 0.1) is 18.4 Å². The highest BCUT2D eigenvalue weighted by molar-refractivity contribution is 8.14. The highest BCUT2D eigenvalue weighted by Crippen LogP contribution is 2.30. The second-order valence-electron chi connectivity index (χ2n) is 4.36. The van der Waals surface area contributed by atoms with Gasteiger partial charge in [-0.3, -0.25) is 14.6 Å². The Balaban J connectivity index is 1.98. The number of carbonyl (C=O) groups is 2. The molecule has 0 saturated heterocycles. The van der Waals surface area contributed by atoms with Gasteiger partial charge in [-0.15, -0.1) is 0 Å². The fraction of sp³-hybridized carbons (Fsp3) is 0.727. The predicted octanol–water partition coefficient (Wildman–Crippen LogP) is 1.10. The van der Waals surface area contributed by atoms with Crippen molar-refractivity contribution in [2.75, 3.05) is 12.3 Å². The minimum absolute atomic E-state index is 0.176. The van der Waals surface area contributed by atoms with Crippen LogP contribution in [0.25, 0.3) is 0 Å². The fourth-order valence-corrected chi connectivity index (χ4v) is 3.08.